The number of ether oxygens (including phenoxy) is 1. The largest absolute Gasteiger partial charge is 0.444 e. The Morgan fingerprint density at radius 2 is 2.00 bits per heavy atom. The molecular weight excluding hydrogens is 260 g/mol. The van der Waals surface area contributed by atoms with Gasteiger partial charge in [0.05, 0.1) is 4.92 Å². The predicted octanol–water partition coefficient (Wildman–Crippen LogP) is 3.60. The van der Waals surface area contributed by atoms with Crippen LogP contribution in [0.1, 0.15) is 33.8 Å². The number of hydrogen-bond donors (Lipinski definition) is 0. The van der Waals surface area contributed by atoms with E-state index in [-0.39, 0.29) is 19.7 Å². The van der Waals surface area contributed by atoms with Crippen molar-refractivity contribution >= 4 is 11.8 Å². The molecule has 0 aromatic heterocycles. The Bertz CT molecular complexity index is 480. The van der Waals surface area contributed by atoms with Gasteiger partial charge < -0.3 is 9.64 Å². The molecule has 0 spiro atoms. The van der Waals surface area contributed by atoms with Crippen molar-refractivity contribution in [2.24, 2.45) is 0 Å². The first-order valence-electron chi connectivity index (χ1n) is 5.86. The summed E-state index contributed by atoms with van der Waals surface area (Å²) in [6, 6.07) is 6.18. The van der Waals surface area contributed by atoms with Gasteiger partial charge in [0.15, 0.2) is 0 Å². The molecule has 1 amide bonds. The van der Waals surface area contributed by atoms with Crippen LogP contribution in [0.4, 0.5) is 10.5 Å². The minimum absolute atomic E-state index is 0. The van der Waals surface area contributed by atoms with E-state index in [1.54, 1.807) is 40.0 Å². The summed E-state index contributed by atoms with van der Waals surface area (Å²) in [5, 5.41) is 10.7. The van der Waals surface area contributed by atoms with Crippen molar-refractivity contribution in [3.8, 4) is 0 Å². The molecular formula is C14H22N2O4. The number of carbonyl (C=O) groups excluding carboxylic acids is 1. The fourth-order valence-corrected chi connectivity index (χ4v) is 1.45. The Balaban J connectivity index is 0.00000361. The number of rotatable bonds is 3. The average Bonchev–Trinajstić information content (AvgIpc) is 2.27. The lowest BCUT2D eigenvalue weighted by atomic mass is 10.2. The first-order valence-corrected chi connectivity index (χ1v) is 5.86. The molecule has 0 heterocycles. The summed E-state index contributed by atoms with van der Waals surface area (Å²) < 4.78 is 5.20. The van der Waals surface area contributed by atoms with E-state index in [0.717, 1.165) is 0 Å². The maximum absolute atomic E-state index is 11.8. The highest BCUT2D eigenvalue weighted by atomic mass is 16.6. The molecule has 0 aliphatic rings. The Morgan fingerprint density at radius 1 is 1.40 bits per heavy atom. The maximum Gasteiger partial charge on any atom is 0.410 e. The van der Waals surface area contributed by atoms with E-state index >= 15 is 0 Å². The van der Waals surface area contributed by atoms with Crippen LogP contribution < -0.4 is 0 Å². The van der Waals surface area contributed by atoms with Crippen molar-refractivity contribution in [2.45, 2.75) is 40.3 Å². The molecule has 0 aliphatic carbocycles. The second kappa shape index (κ2) is 6.88. The lowest BCUT2D eigenvalue weighted by Crippen LogP contribution is -2.33. The predicted molar refractivity (Wildman–Crippen MR) is 77.5 cm³/mol. The Morgan fingerprint density at radius 3 is 2.50 bits per heavy atom. The molecule has 0 fully saturated rings. The van der Waals surface area contributed by atoms with E-state index in [2.05, 4.69) is 0 Å². The number of amides is 1. The van der Waals surface area contributed by atoms with Gasteiger partial charge in [-0.25, -0.2) is 4.79 Å². The molecule has 112 valence electrons. The van der Waals surface area contributed by atoms with Crippen LogP contribution in [0.5, 0.6) is 0 Å². The Hall–Kier alpha value is -2.11. The van der Waals surface area contributed by atoms with E-state index in [1.165, 1.54) is 17.0 Å². The monoisotopic (exact) mass is 282 g/mol. The second-order valence-corrected chi connectivity index (χ2v) is 5.26. The molecule has 0 atom stereocenters. The van der Waals surface area contributed by atoms with Crippen molar-refractivity contribution in [3.05, 3.63) is 39.9 Å². The summed E-state index contributed by atoms with van der Waals surface area (Å²) in [5.41, 5.74) is 0.131. The zero-order valence-corrected chi connectivity index (χ0v) is 11.5. The SMILES string of the molecule is C.CN(Cc1cccc([N+](=O)[O-])c1)C(=O)OC(C)(C)C. The summed E-state index contributed by atoms with van der Waals surface area (Å²) >= 11 is 0. The second-order valence-electron chi connectivity index (χ2n) is 5.26. The van der Waals surface area contributed by atoms with Gasteiger partial charge in [0, 0.05) is 25.7 Å². The molecule has 6 heteroatoms. The number of benzene rings is 1. The zero-order chi connectivity index (χ0) is 14.6. The highest BCUT2D eigenvalue weighted by molar-refractivity contribution is 5.67. The number of nitrogens with zero attached hydrogens (tertiary/aromatic N) is 2. The van der Waals surface area contributed by atoms with Crippen molar-refractivity contribution in [1.29, 1.82) is 0 Å². The number of non-ortho nitro benzene ring substituents is 1. The standard InChI is InChI=1S/C13H18N2O4.CH4/c1-13(2,3)19-12(16)14(4)9-10-6-5-7-11(8-10)15(17)18;/h5-8H,9H2,1-4H3;1H4. The summed E-state index contributed by atoms with van der Waals surface area (Å²) in [6.45, 7) is 5.61. The molecule has 0 saturated carbocycles. The van der Waals surface area contributed by atoms with Crippen molar-refractivity contribution < 1.29 is 14.5 Å². The van der Waals surface area contributed by atoms with E-state index in [9.17, 15) is 14.9 Å². The van der Waals surface area contributed by atoms with Gasteiger partial charge in [-0.05, 0) is 26.3 Å². The maximum atomic E-state index is 11.8. The van der Waals surface area contributed by atoms with Crippen molar-refractivity contribution in [2.75, 3.05) is 7.05 Å². The molecule has 1 rings (SSSR count). The van der Waals surface area contributed by atoms with Crippen LogP contribution >= 0.6 is 0 Å². The van der Waals surface area contributed by atoms with Crippen molar-refractivity contribution in [3.63, 3.8) is 0 Å². The third kappa shape index (κ3) is 5.69. The van der Waals surface area contributed by atoms with Crippen LogP contribution in [-0.4, -0.2) is 28.6 Å². The van der Waals surface area contributed by atoms with Gasteiger partial charge in [-0.15, -0.1) is 0 Å². The summed E-state index contributed by atoms with van der Waals surface area (Å²) in [4.78, 5) is 23.3. The van der Waals surface area contributed by atoms with Crippen molar-refractivity contribution in [1.82, 2.24) is 4.90 Å². The van der Waals surface area contributed by atoms with E-state index < -0.39 is 16.6 Å². The number of hydrogen-bond acceptors (Lipinski definition) is 4. The van der Waals surface area contributed by atoms with Gasteiger partial charge in [-0.3, -0.25) is 10.1 Å². The highest BCUT2D eigenvalue weighted by Crippen LogP contribution is 2.15. The molecule has 1 aromatic rings. The van der Waals surface area contributed by atoms with Gasteiger partial charge in [0.1, 0.15) is 5.60 Å². The smallest absolute Gasteiger partial charge is 0.410 e. The fourth-order valence-electron chi connectivity index (χ4n) is 1.45. The molecule has 0 radical (unpaired) electrons. The summed E-state index contributed by atoms with van der Waals surface area (Å²) in [7, 11) is 1.59. The number of nitro benzene ring substituents is 1. The summed E-state index contributed by atoms with van der Waals surface area (Å²) in [5.74, 6) is 0. The quantitative estimate of drug-likeness (QED) is 0.627. The minimum Gasteiger partial charge on any atom is -0.444 e. The van der Waals surface area contributed by atoms with E-state index in [4.69, 9.17) is 4.74 Å². The first-order chi connectivity index (χ1) is 8.69. The van der Waals surface area contributed by atoms with Crippen LogP contribution in [0, 0.1) is 10.1 Å². The number of nitro groups is 1. The van der Waals surface area contributed by atoms with Gasteiger partial charge >= 0.3 is 6.09 Å². The topological polar surface area (TPSA) is 72.7 Å². The fraction of sp³-hybridized carbons (Fsp3) is 0.500. The van der Waals surface area contributed by atoms with Gasteiger partial charge in [-0.1, -0.05) is 19.6 Å². The molecule has 6 nitrogen and oxygen atoms in total. The minimum atomic E-state index is -0.561. The third-order valence-electron chi connectivity index (χ3n) is 2.25. The van der Waals surface area contributed by atoms with Crippen LogP contribution in [0.2, 0.25) is 0 Å². The normalized spacial score (nSPS) is 10.4. The van der Waals surface area contributed by atoms with Crippen LogP contribution in [0.25, 0.3) is 0 Å². The first kappa shape index (κ1) is 17.9. The van der Waals surface area contributed by atoms with Crippen LogP contribution in [0.3, 0.4) is 0 Å². The molecule has 0 saturated heterocycles. The highest BCUT2D eigenvalue weighted by Gasteiger charge is 2.20. The Labute approximate surface area is 119 Å². The lowest BCUT2D eigenvalue weighted by Gasteiger charge is -2.24. The molecule has 0 unspecified atom stereocenters. The van der Waals surface area contributed by atoms with Gasteiger partial charge in [0.2, 0.25) is 0 Å². The lowest BCUT2D eigenvalue weighted by molar-refractivity contribution is -0.384. The van der Waals surface area contributed by atoms with E-state index in [0.29, 0.717) is 5.56 Å². The average molecular weight is 282 g/mol. The molecule has 1 aromatic carbocycles. The zero-order valence-electron chi connectivity index (χ0n) is 11.5. The molecule has 0 aliphatic heterocycles. The van der Waals surface area contributed by atoms with Gasteiger partial charge in [0.25, 0.3) is 5.69 Å². The number of carbonyl (C=O) groups is 1. The molecule has 20 heavy (non-hydrogen) atoms. The van der Waals surface area contributed by atoms with Crippen LogP contribution in [-0.2, 0) is 11.3 Å². The summed E-state index contributed by atoms with van der Waals surface area (Å²) in [6.07, 6.45) is -0.459. The van der Waals surface area contributed by atoms with E-state index in [1.807, 2.05) is 0 Å². The van der Waals surface area contributed by atoms with Crippen LogP contribution in [0.15, 0.2) is 24.3 Å². The molecule has 0 N–H and O–H groups in total. The van der Waals surface area contributed by atoms with Gasteiger partial charge in [-0.2, -0.15) is 0 Å². The Kier molecular flexibility index (Phi) is 6.16. The third-order valence-corrected chi connectivity index (χ3v) is 2.25. The molecule has 0 bridgehead atoms.